The molecule has 180 valence electrons. The summed E-state index contributed by atoms with van der Waals surface area (Å²) in [6.45, 7) is 6.53. The number of rotatable bonds is 7. The van der Waals surface area contributed by atoms with E-state index in [1.54, 1.807) is 0 Å². The molecule has 0 radical (unpaired) electrons. The van der Waals surface area contributed by atoms with Crippen molar-refractivity contribution in [1.82, 2.24) is 10.6 Å². The van der Waals surface area contributed by atoms with Crippen molar-refractivity contribution in [2.24, 2.45) is 10.8 Å². The van der Waals surface area contributed by atoms with Gasteiger partial charge in [-0.1, -0.05) is 20.8 Å². The molecule has 4 unspecified atom stereocenters. The van der Waals surface area contributed by atoms with Crippen LogP contribution in [0.3, 0.4) is 0 Å². The van der Waals surface area contributed by atoms with Gasteiger partial charge >= 0.3 is 24.5 Å². The van der Waals surface area contributed by atoms with Gasteiger partial charge in [-0.3, -0.25) is 0 Å². The summed E-state index contributed by atoms with van der Waals surface area (Å²) in [5, 5.41) is 5.63. The third-order valence-electron chi connectivity index (χ3n) is 5.53. The summed E-state index contributed by atoms with van der Waals surface area (Å²) < 4.78 is 29.2. The molecule has 1 aliphatic carbocycles. The summed E-state index contributed by atoms with van der Waals surface area (Å²) in [7, 11) is 0. The molecule has 12 nitrogen and oxygen atoms in total. The number of carbonyl (C=O) groups is 4. The van der Waals surface area contributed by atoms with Gasteiger partial charge in [0, 0.05) is 12.6 Å². The van der Waals surface area contributed by atoms with Gasteiger partial charge in [0.25, 0.3) is 0 Å². The number of amides is 2. The number of alkyl carbamates (subject to hydrolysis) is 2. The highest BCUT2D eigenvalue weighted by atomic mass is 16.8. The van der Waals surface area contributed by atoms with E-state index in [2.05, 4.69) is 34.0 Å². The molecule has 3 fully saturated rings. The fraction of sp³-hybridized carbons (Fsp3) is 0.800. The summed E-state index contributed by atoms with van der Waals surface area (Å²) in [5.74, 6) is 0. The van der Waals surface area contributed by atoms with Gasteiger partial charge in [0.05, 0.1) is 0 Å². The fourth-order valence-corrected chi connectivity index (χ4v) is 4.65. The van der Waals surface area contributed by atoms with Gasteiger partial charge in [0.1, 0.15) is 26.4 Å². The summed E-state index contributed by atoms with van der Waals surface area (Å²) in [6.07, 6.45) is -1.76. The first-order valence-corrected chi connectivity index (χ1v) is 10.5. The maximum absolute atomic E-state index is 12.2. The van der Waals surface area contributed by atoms with Crippen molar-refractivity contribution in [2.75, 3.05) is 33.0 Å². The number of nitrogens with one attached hydrogen (secondary N) is 2. The molecule has 0 aromatic heterocycles. The van der Waals surface area contributed by atoms with Gasteiger partial charge in [-0.05, 0) is 30.1 Å². The van der Waals surface area contributed by atoms with E-state index < -0.39 is 36.7 Å². The third-order valence-corrected chi connectivity index (χ3v) is 5.53. The van der Waals surface area contributed by atoms with Crippen LogP contribution in [0.2, 0.25) is 0 Å². The van der Waals surface area contributed by atoms with Crippen LogP contribution in [0.5, 0.6) is 0 Å². The van der Waals surface area contributed by atoms with Crippen molar-refractivity contribution >= 4 is 24.5 Å². The molecule has 2 N–H and O–H groups in total. The first-order valence-electron chi connectivity index (χ1n) is 10.5. The van der Waals surface area contributed by atoms with Crippen LogP contribution in [0.4, 0.5) is 19.2 Å². The number of hydrogen-bond acceptors (Lipinski definition) is 10. The number of cyclic esters (lactones) is 4. The molecule has 3 rings (SSSR count). The lowest BCUT2D eigenvalue weighted by Gasteiger charge is -2.46. The molecule has 1 saturated carbocycles. The van der Waals surface area contributed by atoms with E-state index in [0.717, 1.165) is 12.8 Å². The minimum absolute atomic E-state index is 0.0532. The fourth-order valence-electron chi connectivity index (χ4n) is 4.65. The minimum Gasteiger partial charge on any atom is -0.445 e. The maximum atomic E-state index is 12.2. The van der Waals surface area contributed by atoms with Crippen LogP contribution in [0.1, 0.15) is 40.0 Å². The quantitative estimate of drug-likeness (QED) is 0.429. The molecule has 2 amide bonds. The van der Waals surface area contributed by atoms with Crippen LogP contribution in [0.25, 0.3) is 0 Å². The molecule has 0 aromatic carbocycles. The third kappa shape index (κ3) is 7.06. The second-order valence-corrected chi connectivity index (χ2v) is 9.55. The Bertz CT molecular complexity index is 742. The average molecular weight is 458 g/mol. The van der Waals surface area contributed by atoms with Gasteiger partial charge < -0.3 is 39.1 Å². The highest BCUT2D eigenvalue weighted by Gasteiger charge is 2.42. The standard InChI is InChI=1S/C20H30N2O10/c1-19(2)4-12(22-16(24)28-7-14-9-30-18(26)32-14)5-20(3,10-19)11-21-15(23)27-6-13-8-29-17(25)31-13/h12-14H,4-11H2,1-3H3,(H,21,23)(H,22,24). The number of hydrogen-bond donors (Lipinski definition) is 2. The van der Waals surface area contributed by atoms with Crippen LogP contribution in [0, 0.1) is 10.8 Å². The van der Waals surface area contributed by atoms with Crippen LogP contribution in [-0.2, 0) is 28.4 Å². The summed E-state index contributed by atoms with van der Waals surface area (Å²) in [4.78, 5) is 46.1. The summed E-state index contributed by atoms with van der Waals surface area (Å²) in [6, 6.07) is -0.161. The zero-order valence-electron chi connectivity index (χ0n) is 18.5. The first kappa shape index (κ1) is 23.7. The molecule has 3 aliphatic rings. The van der Waals surface area contributed by atoms with Gasteiger partial charge in [-0.15, -0.1) is 0 Å². The van der Waals surface area contributed by atoms with E-state index in [1.807, 2.05) is 6.92 Å². The van der Waals surface area contributed by atoms with Crippen molar-refractivity contribution in [3.63, 3.8) is 0 Å². The lowest BCUT2D eigenvalue weighted by atomic mass is 9.62. The van der Waals surface area contributed by atoms with Gasteiger partial charge in [0.15, 0.2) is 12.2 Å². The predicted octanol–water partition coefficient (Wildman–Crippen LogP) is 2.09. The SMILES string of the molecule is CC1(C)CC(NC(=O)OCC2COC(=O)O2)CC(C)(CNC(=O)OCC2COC(=O)O2)C1. The van der Waals surface area contributed by atoms with Crippen LogP contribution in [-0.4, -0.2) is 75.7 Å². The number of ether oxygens (including phenoxy) is 6. The second-order valence-electron chi connectivity index (χ2n) is 9.55. The minimum atomic E-state index is -0.773. The molecule has 2 aliphatic heterocycles. The molecule has 2 saturated heterocycles. The molecule has 0 bridgehead atoms. The smallest absolute Gasteiger partial charge is 0.445 e. The average Bonchev–Trinajstić information content (AvgIpc) is 3.29. The molecule has 32 heavy (non-hydrogen) atoms. The molecule has 0 aromatic rings. The predicted molar refractivity (Wildman–Crippen MR) is 106 cm³/mol. The Morgan fingerprint density at radius 1 is 0.938 bits per heavy atom. The molecule has 4 atom stereocenters. The van der Waals surface area contributed by atoms with Crippen LogP contribution in [0.15, 0.2) is 0 Å². The highest BCUT2D eigenvalue weighted by Crippen LogP contribution is 2.45. The molecule has 12 heteroatoms. The van der Waals surface area contributed by atoms with E-state index in [-0.39, 0.29) is 43.3 Å². The Kier molecular flexibility index (Phi) is 7.19. The Morgan fingerprint density at radius 3 is 2.03 bits per heavy atom. The summed E-state index contributed by atoms with van der Waals surface area (Å²) >= 11 is 0. The Hall–Kier alpha value is -2.92. The lowest BCUT2D eigenvalue weighted by molar-refractivity contribution is 0.0480. The number of carbonyl (C=O) groups excluding carboxylic acids is 4. The largest absolute Gasteiger partial charge is 0.508 e. The van der Waals surface area contributed by atoms with Gasteiger partial charge in [-0.25, -0.2) is 19.2 Å². The van der Waals surface area contributed by atoms with Gasteiger partial charge in [0.2, 0.25) is 0 Å². The van der Waals surface area contributed by atoms with E-state index in [1.165, 1.54) is 0 Å². The Balaban J connectivity index is 1.43. The van der Waals surface area contributed by atoms with E-state index in [4.69, 9.17) is 18.9 Å². The van der Waals surface area contributed by atoms with Crippen molar-refractivity contribution < 1.29 is 47.6 Å². The Labute approximate surface area is 185 Å². The van der Waals surface area contributed by atoms with Crippen molar-refractivity contribution in [2.45, 2.75) is 58.3 Å². The topological polar surface area (TPSA) is 148 Å². The van der Waals surface area contributed by atoms with Crippen LogP contribution < -0.4 is 10.6 Å². The zero-order chi connectivity index (χ0) is 23.4. The molecule has 2 heterocycles. The second kappa shape index (κ2) is 9.70. The normalized spacial score (nSPS) is 30.9. The van der Waals surface area contributed by atoms with Crippen molar-refractivity contribution in [3.8, 4) is 0 Å². The van der Waals surface area contributed by atoms with E-state index >= 15 is 0 Å². The van der Waals surface area contributed by atoms with Crippen molar-refractivity contribution in [1.29, 1.82) is 0 Å². The monoisotopic (exact) mass is 458 g/mol. The maximum Gasteiger partial charge on any atom is 0.508 e. The molecular formula is C20H30N2O10. The van der Waals surface area contributed by atoms with E-state index in [0.29, 0.717) is 13.0 Å². The van der Waals surface area contributed by atoms with E-state index in [9.17, 15) is 19.2 Å². The van der Waals surface area contributed by atoms with Crippen molar-refractivity contribution in [3.05, 3.63) is 0 Å². The zero-order valence-corrected chi connectivity index (χ0v) is 18.5. The van der Waals surface area contributed by atoms with Crippen LogP contribution >= 0.6 is 0 Å². The lowest BCUT2D eigenvalue weighted by Crippen LogP contribution is -2.50. The highest BCUT2D eigenvalue weighted by molar-refractivity contribution is 5.68. The Morgan fingerprint density at radius 2 is 1.50 bits per heavy atom. The first-order chi connectivity index (χ1) is 15.0. The molecular weight excluding hydrogens is 428 g/mol. The molecule has 0 spiro atoms. The van der Waals surface area contributed by atoms with Gasteiger partial charge in [-0.2, -0.15) is 0 Å². The summed E-state index contributed by atoms with van der Waals surface area (Å²) in [5.41, 5.74) is -0.378.